The van der Waals surface area contributed by atoms with Gasteiger partial charge in [0.25, 0.3) is 0 Å². The van der Waals surface area contributed by atoms with Crippen molar-refractivity contribution in [3.8, 4) is 0 Å². The van der Waals surface area contributed by atoms with E-state index in [0.29, 0.717) is 6.61 Å². The SMILES string of the molecule is OC[C@@H](OCc1ccc2ccccc2c1)[C@@H]1OC(c2ccccc2)OCC1O. The Bertz CT molecular complexity index is 898. The quantitative estimate of drug-likeness (QED) is 0.687. The summed E-state index contributed by atoms with van der Waals surface area (Å²) in [6.45, 7) is 0.191. The molecule has 2 N–H and O–H groups in total. The molecule has 3 aromatic rings. The van der Waals surface area contributed by atoms with Crippen molar-refractivity contribution in [1.82, 2.24) is 0 Å². The van der Waals surface area contributed by atoms with Crippen LogP contribution in [0.5, 0.6) is 0 Å². The number of aliphatic hydroxyl groups is 2. The third-order valence-electron chi connectivity index (χ3n) is 4.97. The fraction of sp³-hybridized carbons (Fsp3) is 0.304. The lowest BCUT2D eigenvalue weighted by molar-refractivity contribution is -0.283. The van der Waals surface area contributed by atoms with Gasteiger partial charge in [0, 0.05) is 5.56 Å². The fourth-order valence-electron chi connectivity index (χ4n) is 3.46. The summed E-state index contributed by atoms with van der Waals surface area (Å²) in [6.07, 6.45) is -2.79. The molecule has 5 nitrogen and oxygen atoms in total. The van der Waals surface area contributed by atoms with E-state index in [1.807, 2.05) is 54.6 Å². The second-order valence-corrected chi connectivity index (χ2v) is 6.96. The zero-order valence-corrected chi connectivity index (χ0v) is 15.5. The van der Waals surface area contributed by atoms with Gasteiger partial charge in [-0.2, -0.15) is 0 Å². The standard InChI is InChI=1S/C23H24O5/c24-13-21(26-14-16-10-11-17-6-4-5-9-19(17)12-16)22-20(25)15-27-23(28-22)18-7-2-1-3-8-18/h1-12,20-25H,13-15H2/t20?,21-,22-,23?/m1/s1. The van der Waals surface area contributed by atoms with Crippen molar-refractivity contribution in [2.24, 2.45) is 0 Å². The van der Waals surface area contributed by atoms with E-state index < -0.39 is 24.6 Å². The molecule has 0 spiro atoms. The molecule has 0 aliphatic carbocycles. The first-order chi connectivity index (χ1) is 13.7. The van der Waals surface area contributed by atoms with E-state index in [1.54, 1.807) is 0 Å². The van der Waals surface area contributed by atoms with Gasteiger partial charge in [-0.05, 0) is 22.4 Å². The van der Waals surface area contributed by atoms with Crippen LogP contribution in [-0.4, -0.2) is 41.7 Å². The molecule has 1 heterocycles. The minimum absolute atomic E-state index is 0.125. The summed E-state index contributed by atoms with van der Waals surface area (Å²) in [5.74, 6) is 0. The molecular formula is C23H24O5. The van der Waals surface area contributed by atoms with Gasteiger partial charge in [-0.15, -0.1) is 0 Å². The van der Waals surface area contributed by atoms with Crippen LogP contribution < -0.4 is 0 Å². The lowest BCUT2D eigenvalue weighted by atomic mass is 10.1. The first kappa shape index (κ1) is 19.1. The van der Waals surface area contributed by atoms with Gasteiger partial charge < -0.3 is 24.4 Å². The van der Waals surface area contributed by atoms with Gasteiger partial charge in [0.05, 0.1) is 19.8 Å². The third-order valence-corrected chi connectivity index (χ3v) is 4.97. The largest absolute Gasteiger partial charge is 0.394 e. The highest BCUT2D eigenvalue weighted by molar-refractivity contribution is 5.82. The molecule has 2 unspecified atom stereocenters. The molecule has 4 rings (SSSR count). The van der Waals surface area contributed by atoms with Crippen LogP contribution in [0.15, 0.2) is 72.8 Å². The average Bonchev–Trinajstić information content (AvgIpc) is 2.76. The van der Waals surface area contributed by atoms with Crippen LogP contribution in [0.2, 0.25) is 0 Å². The van der Waals surface area contributed by atoms with Gasteiger partial charge in [-0.1, -0.05) is 66.7 Å². The summed E-state index contributed by atoms with van der Waals surface area (Å²) in [5, 5.41) is 22.5. The number of rotatable bonds is 6. The highest BCUT2D eigenvalue weighted by atomic mass is 16.7. The molecule has 1 saturated heterocycles. The van der Waals surface area contributed by atoms with Gasteiger partial charge in [-0.25, -0.2) is 0 Å². The first-order valence-electron chi connectivity index (χ1n) is 9.45. The van der Waals surface area contributed by atoms with E-state index in [0.717, 1.165) is 16.5 Å². The van der Waals surface area contributed by atoms with Gasteiger partial charge in [-0.3, -0.25) is 0 Å². The Morgan fingerprint density at radius 1 is 0.964 bits per heavy atom. The maximum Gasteiger partial charge on any atom is 0.184 e. The van der Waals surface area contributed by atoms with Crippen molar-refractivity contribution in [2.45, 2.75) is 31.2 Å². The second-order valence-electron chi connectivity index (χ2n) is 6.96. The summed E-state index contributed by atoms with van der Waals surface area (Å²) in [6, 6.07) is 23.8. The molecule has 0 amide bonds. The van der Waals surface area contributed by atoms with Crippen molar-refractivity contribution < 1.29 is 24.4 Å². The van der Waals surface area contributed by atoms with E-state index in [4.69, 9.17) is 14.2 Å². The maximum absolute atomic E-state index is 10.3. The molecule has 28 heavy (non-hydrogen) atoms. The highest BCUT2D eigenvalue weighted by Gasteiger charge is 2.37. The molecule has 1 fully saturated rings. The van der Waals surface area contributed by atoms with Crippen LogP contribution >= 0.6 is 0 Å². The molecule has 5 heteroatoms. The Labute approximate surface area is 164 Å². The van der Waals surface area contributed by atoms with Gasteiger partial charge in [0.2, 0.25) is 0 Å². The fourth-order valence-corrected chi connectivity index (χ4v) is 3.46. The number of fused-ring (bicyclic) bond motifs is 1. The first-order valence-corrected chi connectivity index (χ1v) is 9.45. The van der Waals surface area contributed by atoms with Crippen LogP contribution in [0.3, 0.4) is 0 Å². The highest BCUT2D eigenvalue weighted by Crippen LogP contribution is 2.29. The Kier molecular flexibility index (Phi) is 6.00. The van der Waals surface area contributed by atoms with E-state index in [2.05, 4.69) is 18.2 Å². The Balaban J connectivity index is 1.44. The predicted octanol–water partition coefficient (Wildman–Crippen LogP) is 3.19. The minimum Gasteiger partial charge on any atom is -0.394 e. The average molecular weight is 380 g/mol. The Morgan fingerprint density at radius 2 is 1.71 bits per heavy atom. The number of hydrogen-bond acceptors (Lipinski definition) is 5. The van der Waals surface area contributed by atoms with E-state index in [-0.39, 0.29) is 13.2 Å². The molecule has 0 saturated carbocycles. The molecule has 146 valence electrons. The number of hydrogen-bond donors (Lipinski definition) is 2. The summed E-state index contributed by atoms with van der Waals surface area (Å²) in [4.78, 5) is 0. The Hall–Kier alpha value is -2.28. The normalized spacial score (nSPS) is 23.6. The van der Waals surface area contributed by atoms with E-state index >= 15 is 0 Å². The number of ether oxygens (including phenoxy) is 3. The van der Waals surface area contributed by atoms with Crippen LogP contribution in [0.1, 0.15) is 17.4 Å². The lowest BCUT2D eigenvalue weighted by Gasteiger charge is -2.37. The predicted molar refractivity (Wildman–Crippen MR) is 106 cm³/mol. The zero-order chi connectivity index (χ0) is 19.3. The minimum atomic E-state index is -0.867. The topological polar surface area (TPSA) is 68.2 Å². The van der Waals surface area contributed by atoms with Gasteiger partial charge in [0.1, 0.15) is 18.3 Å². The monoisotopic (exact) mass is 380 g/mol. The molecule has 0 radical (unpaired) electrons. The number of benzene rings is 3. The molecule has 1 aliphatic rings. The summed E-state index contributed by atoms with van der Waals surface area (Å²) in [7, 11) is 0. The summed E-state index contributed by atoms with van der Waals surface area (Å²) >= 11 is 0. The van der Waals surface area contributed by atoms with E-state index in [9.17, 15) is 10.2 Å². The number of aliphatic hydroxyl groups excluding tert-OH is 2. The van der Waals surface area contributed by atoms with Gasteiger partial charge >= 0.3 is 0 Å². The second kappa shape index (κ2) is 8.82. The smallest absolute Gasteiger partial charge is 0.184 e. The lowest BCUT2D eigenvalue weighted by Crippen LogP contribution is -2.49. The molecule has 0 bridgehead atoms. The molecule has 1 aliphatic heterocycles. The van der Waals surface area contributed by atoms with Crippen molar-refractivity contribution in [3.63, 3.8) is 0 Å². The zero-order valence-electron chi connectivity index (χ0n) is 15.5. The van der Waals surface area contributed by atoms with Gasteiger partial charge in [0.15, 0.2) is 6.29 Å². The van der Waals surface area contributed by atoms with E-state index in [1.165, 1.54) is 5.39 Å². The van der Waals surface area contributed by atoms with Crippen molar-refractivity contribution >= 4 is 10.8 Å². The van der Waals surface area contributed by atoms with Crippen LogP contribution in [0.25, 0.3) is 10.8 Å². The summed E-state index contributed by atoms with van der Waals surface area (Å²) < 4.78 is 17.5. The molecule has 0 aromatic heterocycles. The van der Waals surface area contributed by atoms with Crippen molar-refractivity contribution in [1.29, 1.82) is 0 Å². The molecular weight excluding hydrogens is 356 g/mol. The maximum atomic E-state index is 10.3. The van der Waals surface area contributed by atoms with Crippen LogP contribution in [-0.2, 0) is 20.8 Å². The van der Waals surface area contributed by atoms with Crippen LogP contribution in [0, 0.1) is 0 Å². The Morgan fingerprint density at radius 3 is 2.50 bits per heavy atom. The van der Waals surface area contributed by atoms with Crippen molar-refractivity contribution in [2.75, 3.05) is 13.2 Å². The third kappa shape index (κ3) is 4.24. The molecule has 4 atom stereocenters. The van der Waals surface area contributed by atoms with Crippen molar-refractivity contribution in [3.05, 3.63) is 83.9 Å². The summed E-state index contributed by atoms with van der Waals surface area (Å²) in [5.41, 5.74) is 1.86. The van der Waals surface area contributed by atoms with Crippen LogP contribution in [0.4, 0.5) is 0 Å². The molecule has 3 aromatic carbocycles.